The minimum atomic E-state index is -1.69. The third kappa shape index (κ3) is 15.8. The number of nitrogens with zero attached hydrogens (tertiary/aromatic N) is 1. The summed E-state index contributed by atoms with van der Waals surface area (Å²) in [6.45, 7) is 0.173. The van der Waals surface area contributed by atoms with E-state index in [1.54, 1.807) is 0 Å². The molecular formula is C31H60N12O11. The molecule has 0 radical (unpaired) electrons. The molecule has 4 amide bonds. The number of aliphatic hydroxyl groups is 3. The van der Waals surface area contributed by atoms with Gasteiger partial charge in [-0.3, -0.25) is 14.4 Å². The largest absolute Gasteiger partial charge is 0.480 e. The number of aliphatic carboxylic acids is 1. The van der Waals surface area contributed by atoms with Crippen LogP contribution < -0.4 is 61.0 Å². The summed E-state index contributed by atoms with van der Waals surface area (Å²) < 4.78 is 10.7. The summed E-state index contributed by atoms with van der Waals surface area (Å²) in [7, 11) is 0. The van der Waals surface area contributed by atoms with Gasteiger partial charge in [-0.1, -0.05) is 0 Å². The lowest BCUT2D eigenvalue weighted by Gasteiger charge is -2.44. The number of primary amides is 1. The summed E-state index contributed by atoms with van der Waals surface area (Å²) in [5.41, 5.74) is 34.2. The second-order valence-corrected chi connectivity index (χ2v) is 13.4. The third-order valence-electron chi connectivity index (χ3n) is 8.85. The topological polar surface area (TPSA) is 413 Å². The zero-order chi connectivity index (χ0) is 40.4. The van der Waals surface area contributed by atoms with E-state index in [9.17, 15) is 44.4 Å². The van der Waals surface area contributed by atoms with Gasteiger partial charge in [0.25, 0.3) is 0 Å². The van der Waals surface area contributed by atoms with Crippen LogP contribution in [-0.2, 0) is 28.7 Å². The van der Waals surface area contributed by atoms with E-state index in [0.29, 0.717) is 45.2 Å². The molecule has 23 nitrogen and oxygen atoms in total. The summed E-state index contributed by atoms with van der Waals surface area (Å²) >= 11 is 0. The minimum absolute atomic E-state index is 0.0815. The second-order valence-electron chi connectivity index (χ2n) is 13.4. The first-order valence-corrected chi connectivity index (χ1v) is 18.0. The molecular weight excluding hydrogens is 716 g/mol. The van der Waals surface area contributed by atoms with Crippen molar-refractivity contribution in [1.29, 1.82) is 0 Å². The normalized spacial score (nSPS) is 25.9. The van der Waals surface area contributed by atoms with E-state index < -0.39 is 85.4 Å². The van der Waals surface area contributed by atoms with Gasteiger partial charge in [-0.25, -0.2) is 14.6 Å². The number of nitrogens with one attached hydrogen (secondary N) is 5. The monoisotopic (exact) mass is 776 g/mol. The molecule has 2 aliphatic heterocycles. The molecule has 2 heterocycles. The van der Waals surface area contributed by atoms with E-state index in [0.717, 1.165) is 6.42 Å². The van der Waals surface area contributed by atoms with Crippen LogP contribution in [-0.4, -0.2) is 156 Å². The van der Waals surface area contributed by atoms with Gasteiger partial charge in [-0.05, 0) is 45.1 Å². The van der Waals surface area contributed by atoms with Crippen LogP contribution in [0.5, 0.6) is 0 Å². The molecule has 310 valence electrons. The molecule has 1 saturated heterocycles. The molecule has 23 heteroatoms. The molecule has 0 aromatic heterocycles. The number of guanidine groups is 1. The van der Waals surface area contributed by atoms with Crippen molar-refractivity contribution < 1.29 is 53.9 Å². The van der Waals surface area contributed by atoms with Gasteiger partial charge < -0.3 is 90.9 Å². The summed E-state index contributed by atoms with van der Waals surface area (Å²) in [6, 6.07) is -5.28. The van der Waals surface area contributed by atoms with E-state index in [4.69, 9.17) is 43.9 Å². The van der Waals surface area contributed by atoms with Gasteiger partial charge in [0, 0.05) is 57.0 Å². The first kappa shape index (κ1) is 46.2. The maximum absolute atomic E-state index is 13.1. The summed E-state index contributed by atoms with van der Waals surface area (Å²) in [5, 5.41) is 54.3. The van der Waals surface area contributed by atoms with E-state index in [2.05, 4.69) is 31.6 Å². The van der Waals surface area contributed by atoms with Crippen LogP contribution in [0.2, 0.25) is 0 Å². The third-order valence-corrected chi connectivity index (χ3v) is 8.85. The Hall–Kier alpha value is -3.94. The Morgan fingerprint density at radius 2 is 1.43 bits per heavy atom. The highest BCUT2D eigenvalue weighted by molar-refractivity contribution is 5.89. The second kappa shape index (κ2) is 23.8. The maximum atomic E-state index is 13.1. The quantitative estimate of drug-likeness (QED) is 0.0405. The molecule has 2 rings (SSSR count). The fourth-order valence-electron chi connectivity index (χ4n) is 6.01. The molecule has 0 saturated carbocycles. The lowest BCUT2D eigenvalue weighted by atomic mass is 9.95. The predicted octanol–water partition coefficient (Wildman–Crippen LogP) is -6.61. The zero-order valence-electron chi connectivity index (χ0n) is 30.3. The maximum Gasteiger partial charge on any atom is 0.404 e. The van der Waals surface area contributed by atoms with Crippen molar-refractivity contribution in [2.75, 3.05) is 32.8 Å². The summed E-state index contributed by atoms with van der Waals surface area (Å²) in [5.74, 6) is -2.60. The predicted molar refractivity (Wildman–Crippen MR) is 193 cm³/mol. The van der Waals surface area contributed by atoms with Crippen molar-refractivity contribution in [3.63, 3.8) is 0 Å². The lowest BCUT2D eigenvalue weighted by molar-refractivity contribution is -0.198. The van der Waals surface area contributed by atoms with Crippen molar-refractivity contribution in [3.8, 4) is 0 Å². The molecule has 0 aromatic rings. The van der Waals surface area contributed by atoms with E-state index >= 15 is 0 Å². The van der Waals surface area contributed by atoms with Crippen molar-refractivity contribution in [1.82, 2.24) is 26.6 Å². The molecule has 21 N–H and O–H groups in total. The molecule has 0 bridgehead atoms. The Morgan fingerprint density at radius 3 is 1.91 bits per heavy atom. The van der Waals surface area contributed by atoms with Crippen LogP contribution in [0.25, 0.3) is 0 Å². The number of ether oxygens (including phenoxy) is 2. The van der Waals surface area contributed by atoms with Gasteiger partial charge in [-0.2, -0.15) is 0 Å². The van der Waals surface area contributed by atoms with Crippen LogP contribution in [0.4, 0.5) is 4.79 Å². The summed E-state index contributed by atoms with van der Waals surface area (Å²) in [6.07, 6.45) is -5.15. The number of carbonyl (C=O) groups is 5. The van der Waals surface area contributed by atoms with Crippen molar-refractivity contribution >= 4 is 35.7 Å². The number of rotatable bonds is 24. The SMILES string of the molecule is NCCCC(N)CC(=O)NCCCC(N)CC(=O)NCCCC(N)CC(=O)N[C@@H]1[C@H](O)[C@@H](OC(N)=O)[C@@H](CO)O[C@H]1NC1=N[C@H](C(=O)O)[C@@H](C(O)CN)N1. The Kier molecular flexibility index (Phi) is 20.3. The van der Waals surface area contributed by atoms with Crippen molar-refractivity contribution in [3.05, 3.63) is 0 Å². The van der Waals surface area contributed by atoms with E-state index in [1.807, 2.05) is 0 Å². The molecule has 0 spiro atoms. The Bertz CT molecular complexity index is 1250. The highest BCUT2D eigenvalue weighted by Crippen LogP contribution is 2.24. The molecule has 11 atom stereocenters. The number of aliphatic imine (C=N–C) groups is 1. The van der Waals surface area contributed by atoms with Crippen LogP contribution in [0, 0.1) is 0 Å². The number of aliphatic hydroxyl groups excluding tert-OH is 3. The number of nitrogens with two attached hydrogens (primary N) is 6. The highest BCUT2D eigenvalue weighted by Gasteiger charge is 2.49. The number of amides is 4. The van der Waals surface area contributed by atoms with E-state index in [-0.39, 0.29) is 56.2 Å². The van der Waals surface area contributed by atoms with Gasteiger partial charge in [0.1, 0.15) is 18.2 Å². The minimum Gasteiger partial charge on any atom is -0.480 e. The van der Waals surface area contributed by atoms with Gasteiger partial charge in [0.15, 0.2) is 24.3 Å². The van der Waals surface area contributed by atoms with Gasteiger partial charge in [0.2, 0.25) is 17.7 Å². The van der Waals surface area contributed by atoms with Crippen LogP contribution in [0.3, 0.4) is 0 Å². The Labute approximate surface area is 313 Å². The fraction of sp³-hybridized carbons (Fsp3) is 0.806. The van der Waals surface area contributed by atoms with Gasteiger partial charge in [-0.15, -0.1) is 0 Å². The molecule has 1 fully saturated rings. The number of carboxylic acids is 1. The number of hydrogen-bond donors (Lipinski definition) is 15. The summed E-state index contributed by atoms with van der Waals surface area (Å²) in [4.78, 5) is 64.7. The van der Waals surface area contributed by atoms with Gasteiger partial charge in [0.05, 0.1) is 18.8 Å². The van der Waals surface area contributed by atoms with Gasteiger partial charge >= 0.3 is 12.1 Å². The highest BCUT2D eigenvalue weighted by atomic mass is 16.6. The number of hydrogen-bond acceptors (Lipinski definition) is 18. The first-order valence-electron chi connectivity index (χ1n) is 18.0. The van der Waals surface area contributed by atoms with Crippen LogP contribution >= 0.6 is 0 Å². The molecule has 4 unspecified atom stereocenters. The average molecular weight is 777 g/mol. The number of carbonyl (C=O) groups excluding carboxylic acids is 4. The Balaban J connectivity index is 1.85. The standard InChI is InChI=1S/C31H60N12O11/c32-7-1-4-15(34)10-20(46)38-8-2-5-16(35)11-21(47)39-9-3-6-17(36)12-22(48)40-25-26(49)27(54-30(37)52)19(14-44)53-28(25)43-31-41-23(18(45)13-33)24(42-31)29(50)51/h15-19,23-28,44-45,49H,1-14,32-36H2,(H2,37,52)(H,38,46)(H,39,47)(H,40,48)(H,50,51)(H2,41,42,43)/t15?,16?,17?,18?,19-,23-,24+,25-,26+,27+,28-/m1/s1. The fourth-order valence-corrected chi connectivity index (χ4v) is 6.01. The molecule has 54 heavy (non-hydrogen) atoms. The van der Waals surface area contributed by atoms with Crippen molar-refractivity contribution in [2.24, 2.45) is 39.4 Å². The molecule has 0 aliphatic carbocycles. The molecule has 2 aliphatic rings. The zero-order valence-corrected chi connectivity index (χ0v) is 30.3. The van der Waals surface area contributed by atoms with Crippen LogP contribution in [0.1, 0.15) is 57.8 Å². The smallest absolute Gasteiger partial charge is 0.404 e. The van der Waals surface area contributed by atoms with Crippen molar-refractivity contribution in [2.45, 2.75) is 125 Å². The lowest BCUT2D eigenvalue weighted by Crippen LogP contribution is -2.69. The number of carboxylic acid groups (broad SMARTS) is 1. The van der Waals surface area contributed by atoms with E-state index in [1.165, 1.54) is 0 Å². The average Bonchev–Trinajstić information content (AvgIpc) is 3.54. The molecule has 0 aromatic carbocycles. The Morgan fingerprint density at radius 1 is 0.889 bits per heavy atom. The van der Waals surface area contributed by atoms with Crippen LogP contribution in [0.15, 0.2) is 4.99 Å². The first-order chi connectivity index (χ1) is 25.6.